The monoisotopic (exact) mass is 357 g/mol. The van der Waals surface area contributed by atoms with Crippen LogP contribution in [-0.4, -0.2) is 16.8 Å². The second-order valence-electron chi connectivity index (χ2n) is 6.10. The van der Waals surface area contributed by atoms with Crippen molar-refractivity contribution in [3.05, 3.63) is 90.0 Å². The van der Waals surface area contributed by atoms with Crippen molar-refractivity contribution in [2.45, 2.75) is 6.92 Å². The minimum atomic E-state index is -0.341. The van der Waals surface area contributed by atoms with E-state index in [0.29, 0.717) is 5.69 Å². The molecule has 4 nitrogen and oxygen atoms in total. The lowest BCUT2D eigenvalue weighted by Crippen LogP contribution is -2.06. The molecule has 0 saturated heterocycles. The zero-order valence-corrected chi connectivity index (χ0v) is 14.8. The maximum atomic E-state index is 12.4. The number of carbonyl (C=O) groups is 2. The Hall–Kier alpha value is -3.66. The molecule has 3 aromatic carbocycles. The highest BCUT2D eigenvalue weighted by molar-refractivity contribution is 6.09. The standard InChI is InChI=1S/C23H19NO3/c1-16(25)24-20-12-14-23(27)21(15-20)22(26)13-9-17-7-10-19(11-8-17)18-5-3-2-4-6-18/h2-15,27H,1H3,(H,24,25)/b13-9+. The molecular weight excluding hydrogens is 338 g/mol. The van der Waals surface area contributed by atoms with Crippen LogP contribution < -0.4 is 5.32 Å². The predicted molar refractivity (Wildman–Crippen MR) is 108 cm³/mol. The van der Waals surface area contributed by atoms with Gasteiger partial charge in [0.25, 0.3) is 0 Å². The van der Waals surface area contributed by atoms with Gasteiger partial charge in [-0.1, -0.05) is 60.7 Å². The summed E-state index contributed by atoms with van der Waals surface area (Å²) in [6.07, 6.45) is 3.10. The molecule has 27 heavy (non-hydrogen) atoms. The third-order valence-corrected chi connectivity index (χ3v) is 4.03. The first-order chi connectivity index (χ1) is 13.0. The minimum absolute atomic E-state index is 0.127. The van der Waals surface area contributed by atoms with E-state index >= 15 is 0 Å². The Morgan fingerprint density at radius 1 is 0.889 bits per heavy atom. The van der Waals surface area contributed by atoms with Gasteiger partial charge >= 0.3 is 0 Å². The van der Waals surface area contributed by atoms with Crippen LogP contribution in [0.3, 0.4) is 0 Å². The van der Waals surface area contributed by atoms with Gasteiger partial charge in [-0.2, -0.15) is 0 Å². The maximum Gasteiger partial charge on any atom is 0.221 e. The molecule has 0 aliphatic rings. The van der Waals surface area contributed by atoms with Crippen molar-refractivity contribution in [3.63, 3.8) is 0 Å². The van der Waals surface area contributed by atoms with E-state index < -0.39 is 0 Å². The summed E-state index contributed by atoms with van der Waals surface area (Å²) in [5.74, 6) is -0.710. The van der Waals surface area contributed by atoms with Crippen molar-refractivity contribution in [1.29, 1.82) is 0 Å². The molecule has 4 heteroatoms. The lowest BCUT2D eigenvalue weighted by atomic mass is 10.0. The Labute approximate surface area is 157 Å². The average Bonchev–Trinajstić information content (AvgIpc) is 2.68. The number of carbonyl (C=O) groups excluding carboxylic acids is 2. The van der Waals surface area contributed by atoms with Crippen LogP contribution in [0.15, 0.2) is 78.9 Å². The van der Waals surface area contributed by atoms with E-state index in [0.717, 1.165) is 16.7 Å². The number of rotatable bonds is 5. The molecule has 0 spiro atoms. The number of hydrogen-bond donors (Lipinski definition) is 2. The molecule has 3 aromatic rings. The van der Waals surface area contributed by atoms with Crippen LogP contribution in [-0.2, 0) is 4.79 Å². The quantitative estimate of drug-likeness (QED) is 0.387. The highest BCUT2D eigenvalue weighted by Crippen LogP contribution is 2.23. The predicted octanol–water partition coefficient (Wildman–Crippen LogP) is 4.91. The number of phenols is 1. The zero-order valence-electron chi connectivity index (χ0n) is 14.8. The van der Waals surface area contributed by atoms with E-state index in [-0.39, 0.29) is 23.0 Å². The van der Waals surface area contributed by atoms with Crippen molar-refractivity contribution in [2.24, 2.45) is 0 Å². The number of hydrogen-bond acceptors (Lipinski definition) is 3. The fraction of sp³-hybridized carbons (Fsp3) is 0.0435. The van der Waals surface area contributed by atoms with Crippen LogP contribution in [0.2, 0.25) is 0 Å². The molecule has 0 bridgehead atoms. The number of allylic oxidation sites excluding steroid dienone is 1. The van der Waals surface area contributed by atoms with Gasteiger partial charge in [0, 0.05) is 12.6 Å². The number of aromatic hydroxyl groups is 1. The summed E-state index contributed by atoms with van der Waals surface area (Å²) in [4.78, 5) is 23.6. The SMILES string of the molecule is CC(=O)Nc1ccc(O)c(C(=O)/C=C/c2ccc(-c3ccccc3)cc2)c1. The first-order valence-corrected chi connectivity index (χ1v) is 8.51. The van der Waals surface area contributed by atoms with Crippen LogP contribution in [0.1, 0.15) is 22.8 Å². The van der Waals surface area contributed by atoms with Gasteiger partial charge in [-0.05, 0) is 41.0 Å². The fourth-order valence-electron chi connectivity index (χ4n) is 2.69. The second kappa shape index (κ2) is 8.15. The number of amides is 1. The van der Waals surface area contributed by atoms with Gasteiger partial charge in [0.1, 0.15) is 5.75 Å². The largest absolute Gasteiger partial charge is 0.507 e. The van der Waals surface area contributed by atoms with Crippen molar-refractivity contribution in [1.82, 2.24) is 0 Å². The lowest BCUT2D eigenvalue weighted by Gasteiger charge is -2.06. The van der Waals surface area contributed by atoms with Gasteiger partial charge in [-0.25, -0.2) is 0 Å². The fourth-order valence-corrected chi connectivity index (χ4v) is 2.69. The van der Waals surface area contributed by atoms with Crippen LogP contribution >= 0.6 is 0 Å². The van der Waals surface area contributed by atoms with Crippen LogP contribution in [0.5, 0.6) is 5.75 Å². The van der Waals surface area contributed by atoms with Gasteiger partial charge in [0.15, 0.2) is 5.78 Å². The molecule has 0 atom stereocenters. The molecule has 3 rings (SSSR count). The van der Waals surface area contributed by atoms with E-state index in [4.69, 9.17) is 0 Å². The van der Waals surface area contributed by atoms with E-state index in [1.165, 1.54) is 25.1 Å². The highest BCUT2D eigenvalue weighted by atomic mass is 16.3. The van der Waals surface area contributed by atoms with Gasteiger partial charge in [-0.3, -0.25) is 9.59 Å². The summed E-state index contributed by atoms with van der Waals surface area (Å²) in [6.45, 7) is 1.38. The Kier molecular flexibility index (Phi) is 5.47. The summed E-state index contributed by atoms with van der Waals surface area (Å²) >= 11 is 0. The number of benzene rings is 3. The normalized spacial score (nSPS) is 10.7. The van der Waals surface area contributed by atoms with Crippen molar-refractivity contribution in [2.75, 3.05) is 5.32 Å². The molecule has 0 aliphatic heterocycles. The third kappa shape index (κ3) is 4.70. The van der Waals surface area contributed by atoms with Gasteiger partial charge in [0.05, 0.1) is 5.56 Å². The van der Waals surface area contributed by atoms with Crippen molar-refractivity contribution < 1.29 is 14.7 Å². The number of anilines is 1. The van der Waals surface area contributed by atoms with Gasteiger partial charge in [0.2, 0.25) is 5.91 Å². The third-order valence-electron chi connectivity index (χ3n) is 4.03. The molecule has 0 aliphatic carbocycles. The zero-order chi connectivity index (χ0) is 19.2. The van der Waals surface area contributed by atoms with E-state index in [9.17, 15) is 14.7 Å². The summed E-state index contributed by atoms with van der Waals surface area (Å²) in [6, 6.07) is 22.3. The molecule has 0 heterocycles. The first-order valence-electron chi connectivity index (χ1n) is 8.51. The first kappa shape index (κ1) is 18.1. The number of ketones is 1. The summed E-state index contributed by atoms with van der Waals surface area (Å²) in [7, 11) is 0. The molecule has 0 radical (unpaired) electrons. The van der Waals surface area contributed by atoms with E-state index in [1.807, 2.05) is 54.6 Å². The Morgan fingerprint density at radius 2 is 1.56 bits per heavy atom. The maximum absolute atomic E-state index is 12.4. The number of phenolic OH excluding ortho intramolecular Hbond substituents is 1. The van der Waals surface area contributed by atoms with Gasteiger partial charge < -0.3 is 10.4 Å². The van der Waals surface area contributed by atoms with Crippen LogP contribution in [0.25, 0.3) is 17.2 Å². The topological polar surface area (TPSA) is 66.4 Å². The molecule has 0 fully saturated rings. The summed E-state index contributed by atoms with van der Waals surface area (Å²) in [5.41, 5.74) is 3.70. The van der Waals surface area contributed by atoms with Crippen molar-refractivity contribution >= 4 is 23.5 Å². The average molecular weight is 357 g/mol. The van der Waals surface area contributed by atoms with Gasteiger partial charge in [-0.15, -0.1) is 0 Å². The molecule has 1 amide bonds. The number of nitrogens with one attached hydrogen (secondary N) is 1. The molecule has 0 aromatic heterocycles. The second-order valence-corrected chi connectivity index (χ2v) is 6.10. The molecule has 0 unspecified atom stereocenters. The summed E-state index contributed by atoms with van der Waals surface area (Å²) in [5, 5.41) is 12.5. The van der Waals surface area contributed by atoms with Crippen LogP contribution in [0, 0.1) is 0 Å². The molecule has 0 saturated carbocycles. The minimum Gasteiger partial charge on any atom is -0.507 e. The Morgan fingerprint density at radius 3 is 2.22 bits per heavy atom. The van der Waals surface area contributed by atoms with Crippen LogP contribution in [0.4, 0.5) is 5.69 Å². The highest BCUT2D eigenvalue weighted by Gasteiger charge is 2.10. The smallest absolute Gasteiger partial charge is 0.221 e. The lowest BCUT2D eigenvalue weighted by molar-refractivity contribution is -0.114. The summed E-state index contributed by atoms with van der Waals surface area (Å²) < 4.78 is 0. The Balaban J connectivity index is 1.76. The molecule has 2 N–H and O–H groups in total. The van der Waals surface area contributed by atoms with E-state index in [1.54, 1.807) is 12.1 Å². The van der Waals surface area contributed by atoms with Crippen molar-refractivity contribution in [3.8, 4) is 16.9 Å². The molecule has 134 valence electrons. The Bertz CT molecular complexity index is 990. The van der Waals surface area contributed by atoms with E-state index in [2.05, 4.69) is 5.32 Å². The molecular formula is C23H19NO3.